The van der Waals surface area contributed by atoms with E-state index in [-0.39, 0.29) is 43.5 Å². The molecule has 186 valence electrons. The highest BCUT2D eigenvalue weighted by atomic mass is 16.5. The summed E-state index contributed by atoms with van der Waals surface area (Å²) in [7, 11) is 0. The Balaban J connectivity index is 1.33. The molecule has 2 atom stereocenters. The first-order valence-electron chi connectivity index (χ1n) is 12.2. The predicted molar refractivity (Wildman–Crippen MR) is 130 cm³/mol. The molecule has 1 fully saturated rings. The molecule has 2 aliphatic rings. The highest BCUT2D eigenvalue weighted by Gasteiger charge is 2.32. The van der Waals surface area contributed by atoms with Crippen molar-refractivity contribution in [2.24, 2.45) is 5.92 Å². The first kappa shape index (κ1) is 24.7. The lowest BCUT2D eigenvalue weighted by molar-refractivity contribution is -0.142. The van der Waals surface area contributed by atoms with Crippen molar-refractivity contribution in [2.75, 3.05) is 26.4 Å². The molecule has 3 N–H and O–H groups in total. The van der Waals surface area contributed by atoms with E-state index >= 15 is 0 Å². The number of carboxylic acid groups (broad SMARTS) is 1. The van der Waals surface area contributed by atoms with Gasteiger partial charge in [0.25, 0.3) is 0 Å². The van der Waals surface area contributed by atoms with Crippen LogP contribution in [0.5, 0.6) is 0 Å². The summed E-state index contributed by atoms with van der Waals surface area (Å²) in [5.41, 5.74) is 4.64. The highest BCUT2D eigenvalue weighted by Crippen LogP contribution is 2.44. The molecule has 0 spiro atoms. The fourth-order valence-electron chi connectivity index (χ4n) is 5.12. The average molecular weight is 481 g/mol. The second kappa shape index (κ2) is 11.8. The van der Waals surface area contributed by atoms with E-state index in [4.69, 9.17) is 14.6 Å². The lowest BCUT2D eigenvalue weighted by atomic mass is 9.94. The van der Waals surface area contributed by atoms with Gasteiger partial charge in [0.1, 0.15) is 13.2 Å². The van der Waals surface area contributed by atoms with Crippen LogP contribution in [0.3, 0.4) is 0 Å². The van der Waals surface area contributed by atoms with E-state index in [0.717, 1.165) is 30.4 Å². The molecule has 2 amide bonds. The zero-order valence-corrected chi connectivity index (χ0v) is 19.7. The van der Waals surface area contributed by atoms with Crippen LogP contribution in [0, 0.1) is 5.92 Å². The number of hydrogen-bond donors (Lipinski definition) is 3. The van der Waals surface area contributed by atoms with Gasteiger partial charge in [-0.15, -0.1) is 0 Å². The maximum Gasteiger partial charge on any atom is 0.407 e. The number of benzene rings is 2. The van der Waals surface area contributed by atoms with E-state index in [0.29, 0.717) is 12.8 Å². The smallest absolute Gasteiger partial charge is 0.407 e. The van der Waals surface area contributed by atoms with Crippen LogP contribution in [0.15, 0.2) is 48.5 Å². The normalized spacial score (nSPS) is 19.2. The summed E-state index contributed by atoms with van der Waals surface area (Å²) < 4.78 is 10.7. The van der Waals surface area contributed by atoms with Gasteiger partial charge in [-0.25, -0.2) is 9.59 Å². The van der Waals surface area contributed by atoms with Crippen LogP contribution in [0.1, 0.15) is 49.1 Å². The highest BCUT2D eigenvalue weighted by molar-refractivity contribution is 5.81. The number of rotatable bonds is 9. The number of aliphatic carboxylic acids is 1. The standard InChI is InChI=1S/C27H32N2O6/c30-25(31)17-34-15-14-28-26(32)22-12-2-1-3-13-24(22)29-27(33)35-16-23-20-10-6-4-8-18(20)19-9-5-7-11-21(19)23/h4-11,22-24H,1-3,12-17H2,(H,28,32)(H,29,33)(H,30,31)/t22-,24+/m0/s1. The zero-order valence-electron chi connectivity index (χ0n) is 19.7. The Kier molecular flexibility index (Phi) is 8.36. The van der Waals surface area contributed by atoms with Crippen molar-refractivity contribution in [3.63, 3.8) is 0 Å². The van der Waals surface area contributed by atoms with E-state index in [2.05, 4.69) is 34.9 Å². The topological polar surface area (TPSA) is 114 Å². The van der Waals surface area contributed by atoms with Gasteiger partial charge in [0.05, 0.1) is 12.5 Å². The van der Waals surface area contributed by atoms with Crippen molar-refractivity contribution < 1.29 is 29.0 Å². The van der Waals surface area contributed by atoms with Crippen LogP contribution >= 0.6 is 0 Å². The molecule has 8 nitrogen and oxygen atoms in total. The van der Waals surface area contributed by atoms with Gasteiger partial charge < -0.3 is 25.2 Å². The molecular formula is C27H32N2O6. The summed E-state index contributed by atoms with van der Waals surface area (Å²) in [4.78, 5) is 36.1. The Morgan fingerprint density at radius 1 is 0.914 bits per heavy atom. The predicted octanol–water partition coefficient (Wildman–Crippen LogP) is 3.69. The third-order valence-corrected chi connectivity index (χ3v) is 6.77. The summed E-state index contributed by atoms with van der Waals surface area (Å²) >= 11 is 0. The van der Waals surface area contributed by atoms with E-state index in [1.54, 1.807) is 0 Å². The molecule has 1 saturated carbocycles. The first-order valence-corrected chi connectivity index (χ1v) is 12.2. The van der Waals surface area contributed by atoms with Crippen LogP contribution in [-0.4, -0.2) is 55.5 Å². The third-order valence-electron chi connectivity index (χ3n) is 6.77. The monoisotopic (exact) mass is 480 g/mol. The summed E-state index contributed by atoms with van der Waals surface area (Å²) in [5.74, 6) is -1.59. The number of carbonyl (C=O) groups excluding carboxylic acids is 2. The van der Waals surface area contributed by atoms with Crippen molar-refractivity contribution in [1.29, 1.82) is 0 Å². The van der Waals surface area contributed by atoms with Crippen LogP contribution in [0.4, 0.5) is 4.79 Å². The van der Waals surface area contributed by atoms with Crippen LogP contribution in [0.2, 0.25) is 0 Å². The quantitative estimate of drug-likeness (QED) is 0.373. The molecule has 35 heavy (non-hydrogen) atoms. The molecule has 0 radical (unpaired) electrons. The number of fused-ring (bicyclic) bond motifs is 3. The summed E-state index contributed by atoms with van der Waals surface area (Å²) in [6.07, 6.45) is 3.72. The summed E-state index contributed by atoms with van der Waals surface area (Å²) in [5, 5.41) is 14.4. The number of alkyl carbamates (subject to hydrolysis) is 1. The minimum absolute atomic E-state index is 0.0211. The van der Waals surface area contributed by atoms with E-state index < -0.39 is 18.7 Å². The van der Waals surface area contributed by atoms with Crippen molar-refractivity contribution in [3.05, 3.63) is 59.7 Å². The molecule has 8 heteroatoms. The van der Waals surface area contributed by atoms with Crippen LogP contribution in [0.25, 0.3) is 11.1 Å². The van der Waals surface area contributed by atoms with Gasteiger partial charge in [-0.05, 0) is 35.1 Å². The average Bonchev–Trinajstić information content (AvgIpc) is 2.98. The van der Waals surface area contributed by atoms with Gasteiger partial charge in [-0.3, -0.25) is 4.79 Å². The molecule has 4 rings (SSSR count). The van der Waals surface area contributed by atoms with Gasteiger partial charge >= 0.3 is 12.1 Å². The maximum absolute atomic E-state index is 12.8. The lowest BCUT2D eigenvalue weighted by Crippen LogP contribution is -2.47. The van der Waals surface area contributed by atoms with E-state index in [9.17, 15) is 14.4 Å². The van der Waals surface area contributed by atoms with Crippen LogP contribution < -0.4 is 10.6 Å². The Labute approximate surface area is 205 Å². The largest absolute Gasteiger partial charge is 0.480 e. The van der Waals surface area contributed by atoms with Crippen molar-refractivity contribution in [1.82, 2.24) is 10.6 Å². The maximum atomic E-state index is 12.8. The Bertz CT molecular complexity index is 1010. The molecule has 0 saturated heterocycles. The minimum Gasteiger partial charge on any atom is -0.480 e. The molecular weight excluding hydrogens is 448 g/mol. The molecule has 0 bridgehead atoms. The fourth-order valence-corrected chi connectivity index (χ4v) is 5.12. The van der Waals surface area contributed by atoms with Crippen molar-refractivity contribution in [2.45, 2.75) is 44.1 Å². The summed E-state index contributed by atoms with van der Waals surface area (Å²) in [6, 6.07) is 16.1. The van der Waals surface area contributed by atoms with Crippen molar-refractivity contribution in [3.8, 4) is 11.1 Å². The number of carbonyl (C=O) groups is 3. The number of ether oxygens (including phenoxy) is 2. The van der Waals surface area contributed by atoms with Gasteiger partial charge in [-0.1, -0.05) is 67.8 Å². The number of hydrogen-bond acceptors (Lipinski definition) is 5. The van der Waals surface area contributed by atoms with Crippen molar-refractivity contribution >= 4 is 18.0 Å². The number of carboxylic acids is 1. The Morgan fingerprint density at radius 3 is 2.26 bits per heavy atom. The molecule has 0 aliphatic heterocycles. The fraction of sp³-hybridized carbons (Fsp3) is 0.444. The molecule has 2 aliphatic carbocycles. The van der Waals surface area contributed by atoms with E-state index in [1.807, 2.05) is 24.3 Å². The number of amides is 2. The molecule has 2 aromatic rings. The van der Waals surface area contributed by atoms with Gasteiger partial charge in [0.15, 0.2) is 0 Å². The lowest BCUT2D eigenvalue weighted by Gasteiger charge is -2.25. The van der Waals surface area contributed by atoms with Crippen LogP contribution in [-0.2, 0) is 19.1 Å². The SMILES string of the molecule is O=C(O)COCCNC(=O)[C@H]1CCCCC[C@H]1NC(=O)OCC1c2ccccc2-c2ccccc21. The number of nitrogens with one attached hydrogen (secondary N) is 2. The minimum atomic E-state index is -1.05. The van der Waals surface area contributed by atoms with E-state index in [1.165, 1.54) is 11.1 Å². The van der Waals surface area contributed by atoms with Gasteiger partial charge in [0.2, 0.25) is 5.91 Å². The Morgan fingerprint density at radius 2 is 1.57 bits per heavy atom. The molecule has 0 unspecified atom stereocenters. The molecule has 0 aromatic heterocycles. The molecule has 0 heterocycles. The summed E-state index contributed by atoms with van der Waals surface area (Å²) in [6.45, 7) is 0.172. The van der Waals surface area contributed by atoms with Gasteiger partial charge in [0, 0.05) is 18.5 Å². The third kappa shape index (κ3) is 6.19. The first-order chi connectivity index (χ1) is 17.0. The zero-order chi connectivity index (χ0) is 24.6. The Hall–Kier alpha value is -3.39. The second-order valence-electron chi connectivity index (χ2n) is 9.06. The molecule has 2 aromatic carbocycles. The second-order valence-corrected chi connectivity index (χ2v) is 9.06. The van der Waals surface area contributed by atoms with Gasteiger partial charge in [-0.2, -0.15) is 0 Å².